The van der Waals surface area contributed by atoms with Crippen molar-refractivity contribution < 1.29 is 0 Å². The number of rotatable bonds is 7. The summed E-state index contributed by atoms with van der Waals surface area (Å²) in [6, 6.07) is 8.54. The van der Waals surface area contributed by atoms with E-state index in [1.54, 1.807) is 0 Å². The first-order chi connectivity index (χ1) is 10.5. The lowest BCUT2D eigenvalue weighted by Gasteiger charge is -2.10. The molecule has 0 aromatic heterocycles. The number of nitrogens with two attached hydrogens (primary N) is 2. The molecule has 1 rings (SSSR count). The fourth-order valence-electron chi connectivity index (χ4n) is 1.78. The van der Waals surface area contributed by atoms with Gasteiger partial charge in [-0.05, 0) is 38.0 Å². The van der Waals surface area contributed by atoms with Gasteiger partial charge in [0.1, 0.15) is 0 Å². The Labute approximate surface area is 133 Å². The van der Waals surface area contributed by atoms with Gasteiger partial charge in [-0.15, -0.1) is 0 Å². The molecule has 0 unspecified atom stereocenters. The fraction of sp³-hybridized carbons (Fsp3) is 0.500. The van der Waals surface area contributed by atoms with Crippen molar-refractivity contribution in [3.8, 4) is 0 Å². The molecular weight excluding hydrogens is 276 g/mol. The van der Waals surface area contributed by atoms with Crippen LogP contribution in [0.15, 0.2) is 34.3 Å². The number of benzene rings is 1. The second-order valence-corrected chi connectivity index (χ2v) is 5.44. The molecule has 0 aliphatic heterocycles. The zero-order valence-corrected chi connectivity index (χ0v) is 13.8. The van der Waals surface area contributed by atoms with Crippen LogP contribution in [0.1, 0.15) is 39.2 Å². The van der Waals surface area contributed by atoms with Gasteiger partial charge in [0.2, 0.25) is 0 Å². The van der Waals surface area contributed by atoms with E-state index in [0.29, 0.717) is 25.1 Å². The smallest absolute Gasteiger partial charge is 0.195 e. The predicted molar refractivity (Wildman–Crippen MR) is 95.1 cm³/mol. The maximum absolute atomic E-state index is 5.79. The Morgan fingerprint density at radius 3 is 2.32 bits per heavy atom. The number of guanidine groups is 2. The standard InChI is InChI=1S/C16H28N6/c1-4-5-10-19-15(17)22-16(18)20-11-13-6-8-14(9-7-13)21-12(2)3/h6-9,12,21H,4-5,10-11H2,1-3H3,(H5,17,18,19,20,22). The summed E-state index contributed by atoms with van der Waals surface area (Å²) in [7, 11) is 0. The molecular formula is C16H28N6. The number of nitrogens with zero attached hydrogens (tertiary/aromatic N) is 2. The van der Waals surface area contributed by atoms with Crippen LogP contribution in [0, 0.1) is 0 Å². The van der Waals surface area contributed by atoms with E-state index in [1.807, 2.05) is 24.3 Å². The van der Waals surface area contributed by atoms with Crippen LogP contribution in [0.3, 0.4) is 0 Å². The van der Waals surface area contributed by atoms with E-state index in [1.165, 1.54) is 0 Å². The molecule has 122 valence electrons. The van der Waals surface area contributed by atoms with E-state index < -0.39 is 0 Å². The summed E-state index contributed by atoms with van der Waals surface area (Å²) in [6.45, 7) is 7.53. The van der Waals surface area contributed by atoms with Crippen LogP contribution in [0.5, 0.6) is 0 Å². The highest BCUT2D eigenvalue weighted by Crippen LogP contribution is 2.11. The molecule has 0 fully saturated rings. The summed E-state index contributed by atoms with van der Waals surface area (Å²) in [5, 5.41) is 6.13. The third-order valence-electron chi connectivity index (χ3n) is 2.89. The fourth-order valence-corrected chi connectivity index (χ4v) is 1.78. The number of unbranched alkanes of at least 4 members (excludes halogenated alkanes) is 1. The molecule has 0 heterocycles. The Hall–Kier alpha value is -2.24. The lowest BCUT2D eigenvalue weighted by atomic mass is 10.2. The molecule has 1 aromatic rings. The van der Waals surface area contributed by atoms with Crippen molar-refractivity contribution in [2.75, 3.05) is 11.9 Å². The Balaban J connectivity index is 2.47. The molecule has 0 aliphatic carbocycles. The van der Waals surface area contributed by atoms with Crippen molar-refractivity contribution in [3.63, 3.8) is 0 Å². The Morgan fingerprint density at radius 1 is 1.09 bits per heavy atom. The first-order valence-electron chi connectivity index (χ1n) is 7.73. The van der Waals surface area contributed by atoms with Gasteiger partial charge < -0.3 is 16.8 Å². The van der Waals surface area contributed by atoms with Crippen LogP contribution in [0.4, 0.5) is 5.69 Å². The third kappa shape index (κ3) is 7.52. The first-order valence-corrected chi connectivity index (χ1v) is 7.73. The molecule has 22 heavy (non-hydrogen) atoms. The number of hydrogen-bond donors (Lipinski definition) is 4. The summed E-state index contributed by atoms with van der Waals surface area (Å²) >= 11 is 0. The van der Waals surface area contributed by atoms with Gasteiger partial charge in [0, 0.05) is 18.3 Å². The number of hydrogen-bond acceptors (Lipinski definition) is 3. The molecule has 6 N–H and O–H groups in total. The number of aliphatic imine (C=N–C) groups is 2. The molecule has 0 saturated carbocycles. The Morgan fingerprint density at radius 2 is 1.73 bits per heavy atom. The predicted octanol–water partition coefficient (Wildman–Crippen LogP) is 2.03. The largest absolute Gasteiger partial charge is 0.383 e. The molecule has 1 aromatic carbocycles. The lowest BCUT2D eigenvalue weighted by molar-refractivity contribution is 0.804. The molecule has 6 heteroatoms. The SMILES string of the molecule is CCCCN=C(N)NC(N)=NCc1ccc(NC(C)C)cc1. The summed E-state index contributed by atoms with van der Waals surface area (Å²) in [5.41, 5.74) is 13.7. The molecule has 0 amide bonds. The first kappa shape index (κ1) is 17.8. The Bertz CT molecular complexity index is 490. The lowest BCUT2D eigenvalue weighted by Crippen LogP contribution is -2.41. The average molecular weight is 304 g/mol. The van der Waals surface area contributed by atoms with E-state index in [2.05, 4.69) is 41.4 Å². The van der Waals surface area contributed by atoms with Crippen molar-refractivity contribution in [2.24, 2.45) is 21.5 Å². The van der Waals surface area contributed by atoms with Crippen LogP contribution in [-0.4, -0.2) is 24.5 Å². The average Bonchev–Trinajstić information content (AvgIpc) is 2.46. The summed E-state index contributed by atoms with van der Waals surface area (Å²) in [4.78, 5) is 8.42. The molecule has 0 saturated heterocycles. The van der Waals surface area contributed by atoms with Crippen molar-refractivity contribution in [2.45, 2.75) is 46.2 Å². The van der Waals surface area contributed by atoms with Gasteiger partial charge in [-0.25, -0.2) is 4.99 Å². The topological polar surface area (TPSA) is 101 Å². The highest BCUT2D eigenvalue weighted by Gasteiger charge is 1.98. The molecule has 0 radical (unpaired) electrons. The van der Waals surface area contributed by atoms with Crippen molar-refractivity contribution in [1.29, 1.82) is 0 Å². The van der Waals surface area contributed by atoms with Crippen LogP contribution in [-0.2, 0) is 6.54 Å². The van der Waals surface area contributed by atoms with Crippen LogP contribution in [0.2, 0.25) is 0 Å². The number of nitrogens with one attached hydrogen (secondary N) is 2. The maximum Gasteiger partial charge on any atom is 0.195 e. The summed E-state index contributed by atoms with van der Waals surface area (Å²) < 4.78 is 0. The summed E-state index contributed by atoms with van der Waals surface area (Å²) in [6.07, 6.45) is 2.10. The van der Waals surface area contributed by atoms with E-state index in [-0.39, 0.29) is 5.96 Å². The van der Waals surface area contributed by atoms with Crippen LogP contribution >= 0.6 is 0 Å². The van der Waals surface area contributed by atoms with Crippen molar-refractivity contribution in [1.82, 2.24) is 5.32 Å². The minimum absolute atomic E-state index is 0.280. The maximum atomic E-state index is 5.79. The second-order valence-electron chi connectivity index (χ2n) is 5.44. The quantitative estimate of drug-likeness (QED) is 0.352. The zero-order chi connectivity index (χ0) is 16.4. The van der Waals surface area contributed by atoms with Gasteiger partial charge in [-0.3, -0.25) is 10.3 Å². The van der Waals surface area contributed by atoms with Gasteiger partial charge in [0.05, 0.1) is 6.54 Å². The van der Waals surface area contributed by atoms with E-state index in [0.717, 1.165) is 24.1 Å². The highest BCUT2D eigenvalue weighted by atomic mass is 15.2. The minimum Gasteiger partial charge on any atom is -0.383 e. The third-order valence-corrected chi connectivity index (χ3v) is 2.89. The molecule has 0 spiro atoms. The van der Waals surface area contributed by atoms with Gasteiger partial charge in [0.15, 0.2) is 11.9 Å². The Kier molecular flexibility index (Phi) is 7.81. The van der Waals surface area contributed by atoms with Gasteiger partial charge in [0.25, 0.3) is 0 Å². The van der Waals surface area contributed by atoms with E-state index >= 15 is 0 Å². The van der Waals surface area contributed by atoms with Gasteiger partial charge >= 0.3 is 0 Å². The molecule has 0 atom stereocenters. The summed E-state index contributed by atoms with van der Waals surface area (Å²) in [5.74, 6) is 0.591. The number of anilines is 1. The highest BCUT2D eigenvalue weighted by molar-refractivity contribution is 5.97. The van der Waals surface area contributed by atoms with Gasteiger partial charge in [-0.1, -0.05) is 25.5 Å². The molecule has 6 nitrogen and oxygen atoms in total. The van der Waals surface area contributed by atoms with Gasteiger partial charge in [-0.2, -0.15) is 0 Å². The van der Waals surface area contributed by atoms with Crippen LogP contribution < -0.4 is 22.1 Å². The van der Waals surface area contributed by atoms with Crippen molar-refractivity contribution in [3.05, 3.63) is 29.8 Å². The molecule has 0 aliphatic rings. The van der Waals surface area contributed by atoms with Crippen molar-refractivity contribution >= 4 is 17.6 Å². The second kappa shape index (κ2) is 9.65. The minimum atomic E-state index is 0.280. The van der Waals surface area contributed by atoms with E-state index in [4.69, 9.17) is 11.5 Å². The van der Waals surface area contributed by atoms with E-state index in [9.17, 15) is 0 Å². The molecule has 0 bridgehead atoms. The normalized spacial score (nSPS) is 12.5. The van der Waals surface area contributed by atoms with Crippen LogP contribution in [0.25, 0.3) is 0 Å². The monoisotopic (exact) mass is 304 g/mol. The zero-order valence-electron chi connectivity index (χ0n) is 13.8.